The number of unbranched alkanes of at least 4 members (excludes halogenated alkanes) is 28. The van der Waals surface area contributed by atoms with Crippen LogP contribution in [0.25, 0.3) is 0 Å². The number of carbonyl (C=O) groups excluding carboxylic acids is 1. The molecule has 352 valence electrons. The standard InChI is InChI=1S/C51H95NO8/c1-3-5-7-9-11-13-15-17-18-19-20-21-22-23-24-25-26-27-28-29-30-32-34-36-38-40-45(54)44(43-59-51-50(58)49(57)48(56)46(42-53)60-51)52-47(55)41-39-37-35-33-31-16-14-12-10-8-6-4-2/h26-27,30,32,38,40,44-46,48-51,53-54,56-58H,3-25,28-29,31,33-37,39,41-43H2,1-2H3,(H,52,55)/b27-26+,32-30+,40-38+. The van der Waals surface area contributed by atoms with Gasteiger partial charge in [-0.1, -0.05) is 211 Å². The largest absolute Gasteiger partial charge is 0.394 e. The van der Waals surface area contributed by atoms with Gasteiger partial charge in [0, 0.05) is 6.42 Å². The van der Waals surface area contributed by atoms with Gasteiger partial charge in [-0.2, -0.15) is 0 Å². The number of hydrogen-bond donors (Lipinski definition) is 6. The van der Waals surface area contributed by atoms with Crippen LogP contribution in [0, 0.1) is 0 Å². The molecule has 60 heavy (non-hydrogen) atoms. The molecule has 9 heteroatoms. The lowest BCUT2D eigenvalue weighted by molar-refractivity contribution is -0.302. The number of aliphatic hydroxyl groups excluding tert-OH is 5. The number of hydrogen-bond acceptors (Lipinski definition) is 8. The molecule has 7 unspecified atom stereocenters. The first-order valence-electron chi connectivity index (χ1n) is 25.2. The van der Waals surface area contributed by atoms with Gasteiger partial charge in [-0.25, -0.2) is 0 Å². The van der Waals surface area contributed by atoms with Crippen molar-refractivity contribution in [2.75, 3.05) is 13.2 Å². The first kappa shape index (κ1) is 56.4. The third-order valence-electron chi connectivity index (χ3n) is 11.9. The van der Waals surface area contributed by atoms with Crippen molar-refractivity contribution in [3.05, 3.63) is 36.5 Å². The molecule has 0 aliphatic carbocycles. The fourth-order valence-electron chi connectivity index (χ4n) is 7.89. The Bertz CT molecular complexity index is 1030. The maximum Gasteiger partial charge on any atom is 0.220 e. The van der Waals surface area contributed by atoms with Crippen molar-refractivity contribution in [3.8, 4) is 0 Å². The van der Waals surface area contributed by atoms with E-state index in [2.05, 4.69) is 43.5 Å². The third-order valence-corrected chi connectivity index (χ3v) is 11.9. The molecule has 1 amide bonds. The zero-order valence-corrected chi connectivity index (χ0v) is 38.7. The van der Waals surface area contributed by atoms with Crippen LogP contribution in [0.4, 0.5) is 0 Å². The normalized spacial score (nSPS) is 20.8. The van der Waals surface area contributed by atoms with Crippen LogP contribution in [0.1, 0.15) is 226 Å². The van der Waals surface area contributed by atoms with E-state index in [0.29, 0.717) is 6.42 Å². The summed E-state index contributed by atoms with van der Waals surface area (Å²) in [7, 11) is 0. The minimum atomic E-state index is -1.57. The maximum absolute atomic E-state index is 12.9. The Morgan fingerprint density at radius 2 is 0.950 bits per heavy atom. The van der Waals surface area contributed by atoms with Gasteiger partial charge >= 0.3 is 0 Å². The summed E-state index contributed by atoms with van der Waals surface area (Å²) in [6.45, 7) is 3.75. The average Bonchev–Trinajstić information content (AvgIpc) is 3.25. The summed E-state index contributed by atoms with van der Waals surface area (Å²) in [5.74, 6) is -0.191. The SMILES string of the molecule is CCCCCCCCCCCCCCCCC/C=C/CC/C=C/CC/C=C/C(O)C(COC1OC(CO)C(O)C(O)C1O)NC(=O)CCCCCCCCCCCCCC. The molecule has 0 aromatic heterocycles. The minimum absolute atomic E-state index is 0.191. The molecule has 0 radical (unpaired) electrons. The molecule has 1 rings (SSSR count). The Kier molecular flexibility index (Phi) is 39.0. The molecule has 0 saturated carbocycles. The van der Waals surface area contributed by atoms with Gasteiger partial charge in [0.1, 0.15) is 24.4 Å². The lowest BCUT2D eigenvalue weighted by Crippen LogP contribution is -2.60. The molecule has 1 aliphatic heterocycles. The maximum atomic E-state index is 12.9. The van der Waals surface area contributed by atoms with Gasteiger partial charge < -0.3 is 40.3 Å². The number of allylic oxidation sites excluding steroid dienone is 5. The molecular formula is C51H95NO8. The van der Waals surface area contributed by atoms with E-state index in [1.165, 1.54) is 161 Å². The molecule has 1 heterocycles. The van der Waals surface area contributed by atoms with Gasteiger partial charge in [0.2, 0.25) is 5.91 Å². The quantitative estimate of drug-likeness (QED) is 0.0263. The van der Waals surface area contributed by atoms with Crippen LogP contribution in [-0.4, -0.2) is 87.5 Å². The zero-order chi connectivity index (χ0) is 43.7. The molecule has 0 bridgehead atoms. The van der Waals surface area contributed by atoms with Gasteiger partial charge in [-0.05, 0) is 44.9 Å². The van der Waals surface area contributed by atoms with Crippen LogP contribution in [0.3, 0.4) is 0 Å². The molecule has 1 saturated heterocycles. The zero-order valence-electron chi connectivity index (χ0n) is 38.7. The molecular weight excluding hydrogens is 755 g/mol. The van der Waals surface area contributed by atoms with Crippen LogP contribution in [0.5, 0.6) is 0 Å². The van der Waals surface area contributed by atoms with Gasteiger partial charge in [-0.3, -0.25) is 4.79 Å². The summed E-state index contributed by atoms with van der Waals surface area (Å²) >= 11 is 0. The van der Waals surface area contributed by atoms with Gasteiger partial charge in [-0.15, -0.1) is 0 Å². The van der Waals surface area contributed by atoms with Crippen molar-refractivity contribution in [2.45, 2.75) is 269 Å². The van der Waals surface area contributed by atoms with Crippen molar-refractivity contribution in [2.24, 2.45) is 0 Å². The fourth-order valence-corrected chi connectivity index (χ4v) is 7.89. The van der Waals surface area contributed by atoms with E-state index >= 15 is 0 Å². The van der Waals surface area contributed by atoms with Gasteiger partial charge in [0.25, 0.3) is 0 Å². The van der Waals surface area contributed by atoms with E-state index in [1.807, 2.05) is 6.08 Å². The number of rotatable bonds is 42. The van der Waals surface area contributed by atoms with Crippen molar-refractivity contribution in [3.63, 3.8) is 0 Å². The Morgan fingerprint density at radius 1 is 0.550 bits per heavy atom. The molecule has 6 N–H and O–H groups in total. The highest BCUT2D eigenvalue weighted by atomic mass is 16.7. The summed E-state index contributed by atoms with van der Waals surface area (Å²) in [6.07, 6.45) is 44.9. The minimum Gasteiger partial charge on any atom is -0.394 e. The molecule has 9 nitrogen and oxygen atoms in total. The second kappa shape index (κ2) is 41.4. The van der Waals surface area contributed by atoms with Crippen LogP contribution >= 0.6 is 0 Å². The van der Waals surface area contributed by atoms with E-state index in [9.17, 15) is 30.3 Å². The van der Waals surface area contributed by atoms with Crippen molar-refractivity contribution in [1.82, 2.24) is 5.32 Å². The highest BCUT2D eigenvalue weighted by Gasteiger charge is 2.44. The number of ether oxygens (including phenoxy) is 2. The monoisotopic (exact) mass is 850 g/mol. The third kappa shape index (κ3) is 31.3. The Hall–Kier alpha value is -1.59. The summed E-state index contributed by atoms with van der Waals surface area (Å²) in [6, 6.07) is -0.824. The number of amides is 1. The second-order valence-electron chi connectivity index (χ2n) is 17.6. The number of aliphatic hydroxyl groups is 5. The lowest BCUT2D eigenvalue weighted by atomic mass is 9.99. The molecule has 7 atom stereocenters. The molecule has 0 spiro atoms. The number of nitrogens with one attached hydrogen (secondary N) is 1. The Labute approximate surface area is 368 Å². The number of carbonyl (C=O) groups is 1. The fraction of sp³-hybridized carbons (Fsp3) is 0.863. The van der Waals surface area contributed by atoms with E-state index < -0.39 is 49.5 Å². The van der Waals surface area contributed by atoms with Crippen molar-refractivity contribution in [1.29, 1.82) is 0 Å². The van der Waals surface area contributed by atoms with Gasteiger partial charge in [0.05, 0.1) is 25.4 Å². The average molecular weight is 850 g/mol. The van der Waals surface area contributed by atoms with Crippen LogP contribution in [0.2, 0.25) is 0 Å². The highest BCUT2D eigenvalue weighted by Crippen LogP contribution is 2.23. The van der Waals surface area contributed by atoms with Gasteiger partial charge in [0.15, 0.2) is 6.29 Å². The van der Waals surface area contributed by atoms with Crippen LogP contribution < -0.4 is 5.32 Å². The predicted molar refractivity (Wildman–Crippen MR) is 249 cm³/mol. The molecule has 0 aromatic rings. The van der Waals surface area contributed by atoms with Crippen LogP contribution in [0.15, 0.2) is 36.5 Å². The summed E-state index contributed by atoms with van der Waals surface area (Å²) in [5.41, 5.74) is 0. The van der Waals surface area contributed by atoms with Crippen molar-refractivity contribution >= 4 is 5.91 Å². The highest BCUT2D eigenvalue weighted by molar-refractivity contribution is 5.76. The summed E-state index contributed by atoms with van der Waals surface area (Å²) in [5, 5.41) is 54.2. The summed E-state index contributed by atoms with van der Waals surface area (Å²) < 4.78 is 11.2. The van der Waals surface area contributed by atoms with E-state index in [1.54, 1.807) is 6.08 Å². The molecule has 1 aliphatic rings. The van der Waals surface area contributed by atoms with E-state index in [-0.39, 0.29) is 12.5 Å². The smallest absolute Gasteiger partial charge is 0.220 e. The Balaban J connectivity index is 2.30. The predicted octanol–water partition coefficient (Wildman–Crippen LogP) is 11.2. The van der Waals surface area contributed by atoms with Crippen molar-refractivity contribution < 1.29 is 39.8 Å². The first-order valence-corrected chi connectivity index (χ1v) is 25.2. The Morgan fingerprint density at radius 3 is 1.40 bits per heavy atom. The summed E-state index contributed by atoms with van der Waals surface area (Å²) in [4.78, 5) is 12.9. The topological polar surface area (TPSA) is 149 Å². The second-order valence-corrected chi connectivity index (χ2v) is 17.6. The lowest BCUT2D eigenvalue weighted by Gasteiger charge is -2.40. The molecule has 1 fully saturated rings. The van der Waals surface area contributed by atoms with E-state index in [4.69, 9.17) is 9.47 Å². The molecule has 0 aromatic carbocycles. The first-order chi connectivity index (χ1) is 29.3. The van der Waals surface area contributed by atoms with E-state index in [0.717, 1.165) is 44.9 Å². The van der Waals surface area contributed by atoms with Crippen LogP contribution in [-0.2, 0) is 14.3 Å².